The summed E-state index contributed by atoms with van der Waals surface area (Å²) in [6, 6.07) is 6.35. The third-order valence-electron chi connectivity index (χ3n) is 4.35. The first-order chi connectivity index (χ1) is 12.9. The summed E-state index contributed by atoms with van der Waals surface area (Å²) in [4.78, 5) is 22.8. The number of carbonyl (C=O) groups is 1. The van der Waals surface area contributed by atoms with Gasteiger partial charge in [0.1, 0.15) is 5.75 Å². The molecule has 0 spiro atoms. The number of hydrogen-bond acceptors (Lipinski definition) is 6. The van der Waals surface area contributed by atoms with Crippen LogP contribution in [0.2, 0.25) is 0 Å². The number of rotatable bonds is 6. The molecule has 150 valence electrons. The van der Waals surface area contributed by atoms with Crippen LogP contribution in [0.1, 0.15) is 27.0 Å². The Bertz CT molecular complexity index is 1050. The second-order valence-corrected chi connectivity index (χ2v) is 8.58. The highest BCUT2D eigenvalue weighted by atomic mass is 32.2. The topological polar surface area (TPSA) is 130 Å². The Morgan fingerprint density at radius 3 is 2.43 bits per heavy atom. The van der Waals surface area contributed by atoms with Crippen LogP contribution in [0.15, 0.2) is 35.2 Å². The van der Waals surface area contributed by atoms with Gasteiger partial charge in [0.15, 0.2) is 0 Å². The molecular weight excluding hydrogens is 386 g/mol. The molecule has 0 fully saturated rings. The van der Waals surface area contributed by atoms with Gasteiger partial charge in [-0.05, 0) is 43.2 Å². The van der Waals surface area contributed by atoms with Crippen molar-refractivity contribution < 1.29 is 23.2 Å². The molecule has 0 aliphatic heterocycles. The van der Waals surface area contributed by atoms with Gasteiger partial charge in [-0.25, -0.2) is 12.7 Å². The lowest BCUT2D eigenvalue weighted by Crippen LogP contribution is -2.26. The molecule has 0 radical (unpaired) electrons. The number of hydrogen-bond donors (Lipinski definition) is 2. The fourth-order valence-corrected chi connectivity index (χ4v) is 3.74. The van der Waals surface area contributed by atoms with Gasteiger partial charge in [0.2, 0.25) is 10.0 Å². The van der Waals surface area contributed by atoms with Crippen LogP contribution in [0.5, 0.6) is 5.75 Å². The zero-order chi connectivity index (χ0) is 21.2. The number of amides is 1. The van der Waals surface area contributed by atoms with Crippen LogP contribution < -0.4 is 5.32 Å². The summed E-state index contributed by atoms with van der Waals surface area (Å²) >= 11 is 0. The highest BCUT2D eigenvalue weighted by Gasteiger charge is 2.23. The minimum atomic E-state index is -3.74. The van der Waals surface area contributed by atoms with Gasteiger partial charge < -0.3 is 10.4 Å². The summed E-state index contributed by atoms with van der Waals surface area (Å²) in [7, 11) is -0.927. The lowest BCUT2D eigenvalue weighted by atomic mass is 10.1. The fraction of sp³-hybridized carbons (Fsp3) is 0.278. The van der Waals surface area contributed by atoms with Crippen LogP contribution in [0, 0.1) is 24.0 Å². The van der Waals surface area contributed by atoms with E-state index in [1.807, 2.05) is 0 Å². The number of nitrogens with one attached hydrogen (secondary N) is 1. The third kappa shape index (κ3) is 4.29. The van der Waals surface area contributed by atoms with Crippen LogP contribution in [0.25, 0.3) is 0 Å². The molecular formula is C18H21N3O6S. The SMILES string of the molecule is Cc1cc(C(=O)NCc2cc([N+](=O)[O-])ccc2O)cc(S(=O)(=O)N(C)C)c1C. The molecule has 1 amide bonds. The number of aryl methyl sites for hydroxylation is 1. The van der Waals surface area contributed by atoms with Gasteiger partial charge in [0.05, 0.1) is 9.82 Å². The Kier molecular flexibility index (Phi) is 6.05. The molecule has 10 heteroatoms. The van der Waals surface area contributed by atoms with Crippen molar-refractivity contribution in [3.8, 4) is 5.75 Å². The van der Waals surface area contributed by atoms with Gasteiger partial charge in [0, 0.05) is 43.9 Å². The van der Waals surface area contributed by atoms with Crippen LogP contribution in [0.4, 0.5) is 5.69 Å². The van der Waals surface area contributed by atoms with Crippen molar-refractivity contribution in [1.29, 1.82) is 0 Å². The second kappa shape index (κ2) is 7.95. The van der Waals surface area contributed by atoms with Crippen LogP contribution in [0.3, 0.4) is 0 Å². The zero-order valence-electron chi connectivity index (χ0n) is 15.9. The Morgan fingerprint density at radius 1 is 1.21 bits per heavy atom. The summed E-state index contributed by atoms with van der Waals surface area (Å²) in [6.45, 7) is 3.21. The Balaban J connectivity index is 2.32. The van der Waals surface area contributed by atoms with Crippen molar-refractivity contribution in [3.05, 3.63) is 62.7 Å². The number of nitrogens with zero attached hydrogens (tertiary/aromatic N) is 2. The van der Waals surface area contributed by atoms with Crippen molar-refractivity contribution in [1.82, 2.24) is 9.62 Å². The van der Waals surface area contributed by atoms with Gasteiger partial charge in [-0.3, -0.25) is 14.9 Å². The molecule has 0 bridgehead atoms. The van der Waals surface area contributed by atoms with E-state index in [0.29, 0.717) is 11.1 Å². The molecule has 2 rings (SSSR count). The lowest BCUT2D eigenvalue weighted by molar-refractivity contribution is -0.384. The third-order valence-corrected chi connectivity index (χ3v) is 6.30. The smallest absolute Gasteiger partial charge is 0.270 e. The van der Waals surface area contributed by atoms with Gasteiger partial charge >= 0.3 is 0 Å². The maximum atomic E-state index is 12.5. The number of phenols is 1. The maximum Gasteiger partial charge on any atom is 0.270 e. The van der Waals surface area contributed by atoms with E-state index in [-0.39, 0.29) is 34.0 Å². The molecule has 0 unspecified atom stereocenters. The normalized spacial score (nSPS) is 11.5. The average molecular weight is 407 g/mol. The maximum absolute atomic E-state index is 12.5. The number of sulfonamides is 1. The lowest BCUT2D eigenvalue weighted by Gasteiger charge is -2.16. The molecule has 0 aliphatic carbocycles. The molecule has 0 atom stereocenters. The number of benzene rings is 2. The minimum absolute atomic E-state index is 0.0286. The van der Waals surface area contributed by atoms with E-state index >= 15 is 0 Å². The molecule has 2 N–H and O–H groups in total. The summed E-state index contributed by atoms with van der Waals surface area (Å²) in [5.41, 5.74) is 1.27. The zero-order valence-corrected chi connectivity index (χ0v) is 16.7. The average Bonchev–Trinajstić information content (AvgIpc) is 2.62. The van der Waals surface area contributed by atoms with Crippen molar-refractivity contribution in [2.75, 3.05) is 14.1 Å². The standard InChI is InChI=1S/C18H21N3O6S/c1-11-7-13(9-17(12(11)2)28(26,27)20(3)4)18(23)19-10-14-8-15(21(24)25)5-6-16(14)22/h5-9,22H,10H2,1-4H3,(H,19,23). The number of phenolic OH excluding ortho intramolecular Hbond substituents is 1. The van der Waals surface area contributed by atoms with E-state index in [1.165, 1.54) is 26.2 Å². The largest absolute Gasteiger partial charge is 0.508 e. The van der Waals surface area contributed by atoms with Gasteiger partial charge in [0.25, 0.3) is 11.6 Å². The first kappa shape index (κ1) is 21.3. The van der Waals surface area contributed by atoms with Crippen LogP contribution in [-0.4, -0.2) is 42.8 Å². The van der Waals surface area contributed by atoms with E-state index in [1.54, 1.807) is 19.9 Å². The number of nitro groups is 1. The van der Waals surface area contributed by atoms with Crippen LogP contribution >= 0.6 is 0 Å². The van der Waals surface area contributed by atoms with E-state index < -0.39 is 20.9 Å². The predicted molar refractivity (Wildman–Crippen MR) is 103 cm³/mol. The first-order valence-corrected chi connectivity index (χ1v) is 9.67. The number of aromatic hydroxyl groups is 1. The van der Waals surface area contributed by atoms with Gasteiger partial charge in [-0.2, -0.15) is 0 Å². The molecule has 0 saturated carbocycles. The number of non-ortho nitro benzene ring substituents is 1. The highest BCUT2D eigenvalue weighted by molar-refractivity contribution is 7.89. The summed E-state index contributed by atoms with van der Waals surface area (Å²) in [6.07, 6.45) is 0. The van der Waals surface area contributed by atoms with Crippen molar-refractivity contribution in [3.63, 3.8) is 0 Å². The van der Waals surface area contributed by atoms with E-state index in [2.05, 4.69) is 5.32 Å². The summed E-state index contributed by atoms with van der Waals surface area (Å²) in [5.74, 6) is -0.758. The Labute approximate surface area is 162 Å². The predicted octanol–water partition coefficient (Wildman–Crippen LogP) is 2.10. The Morgan fingerprint density at radius 2 is 1.86 bits per heavy atom. The molecule has 0 aliphatic rings. The molecule has 2 aromatic rings. The number of nitro benzene ring substituents is 1. The molecule has 9 nitrogen and oxygen atoms in total. The molecule has 0 saturated heterocycles. The second-order valence-electron chi connectivity index (χ2n) is 6.46. The quantitative estimate of drug-likeness (QED) is 0.557. The number of carbonyl (C=O) groups excluding carboxylic acids is 1. The van der Waals surface area contributed by atoms with Gasteiger partial charge in [-0.1, -0.05) is 0 Å². The van der Waals surface area contributed by atoms with Gasteiger partial charge in [-0.15, -0.1) is 0 Å². The first-order valence-electron chi connectivity index (χ1n) is 8.23. The highest BCUT2D eigenvalue weighted by Crippen LogP contribution is 2.25. The fourth-order valence-electron chi connectivity index (χ4n) is 2.53. The molecule has 2 aromatic carbocycles. The summed E-state index contributed by atoms with van der Waals surface area (Å²) < 4.78 is 26.1. The molecule has 0 heterocycles. The van der Waals surface area contributed by atoms with Crippen LogP contribution in [-0.2, 0) is 16.6 Å². The monoisotopic (exact) mass is 407 g/mol. The van der Waals surface area contributed by atoms with E-state index in [0.717, 1.165) is 16.4 Å². The minimum Gasteiger partial charge on any atom is -0.508 e. The molecule has 28 heavy (non-hydrogen) atoms. The van der Waals surface area contributed by atoms with Crippen molar-refractivity contribution in [2.24, 2.45) is 0 Å². The van der Waals surface area contributed by atoms with Crippen molar-refractivity contribution in [2.45, 2.75) is 25.3 Å². The Hall–Kier alpha value is -2.98. The molecule has 0 aromatic heterocycles. The summed E-state index contributed by atoms with van der Waals surface area (Å²) in [5, 5.41) is 23.2. The van der Waals surface area contributed by atoms with E-state index in [4.69, 9.17) is 0 Å². The van der Waals surface area contributed by atoms with Crippen molar-refractivity contribution >= 4 is 21.6 Å². The van der Waals surface area contributed by atoms with E-state index in [9.17, 15) is 28.4 Å².